The standard InChI is InChI=1S/C10H9ClN2O2/c1-6-3-2-4-7-9(6)12-13(10(7)11)5-8(14)15/h2-4H,5H2,1H3,(H,14,15). The smallest absolute Gasteiger partial charge is 0.325 e. The monoisotopic (exact) mass is 224 g/mol. The molecule has 0 amide bonds. The number of nitrogens with zero attached hydrogens (tertiary/aromatic N) is 2. The van der Waals surface area contributed by atoms with E-state index in [4.69, 9.17) is 16.7 Å². The second-order valence-electron chi connectivity index (χ2n) is 3.31. The number of fused-ring (bicyclic) bond motifs is 1. The fourth-order valence-electron chi connectivity index (χ4n) is 1.49. The Morgan fingerprint density at radius 1 is 1.60 bits per heavy atom. The predicted molar refractivity (Wildman–Crippen MR) is 57.1 cm³/mol. The van der Waals surface area contributed by atoms with Crippen molar-refractivity contribution in [2.24, 2.45) is 0 Å². The number of rotatable bonds is 2. The summed E-state index contributed by atoms with van der Waals surface area (Å²) in [6.07, 6.45) is 0. The molecule has 2 rings (SSSR count). The number of carboxylic acids is 1. The third kappa shape index (κ3) is 1.68. The van der Waals surface area contributed by atoms with Gasteiger partial charge in [0.1, 0.15) is 11.7 Å². The molecule has 78 valence electrons. The molecule has 15 heavy (non-hydrogen) atoms. The van der Waals surface area contributed by atoms with Gasteiger partial charge in [-0.15, -0.1) is 0 Å². The van der Waals surface area contributed by atoms with Gasteiger partial charge in [-0.2, -0.15) is 5.10 Å². The van der Waals surface area contributed by atoms with Gasteiger partial charge in [0.25, 0.3) is 0 Å². The van der Waals surface area contributed by atoms with Crippen molar-refractivity contribution in [3.05, 3.63) is 28.9 Å². The van der Waals surface area contributed by atoms with Crippen LogP contribution >= 0.6 is 11.6 Å². The summed E-state index contributed by atoms with van der Waals surface area (Å²) < 4.78 is 1.29. The zero-order chi connectivity index (χ0) is 11.0. The maximum absolute atomic E-state index is 10.6. The van der Waals surface area contributed by atoms with E-state index in [9.17, 15) is 4.79 Å². The SMILES string of the molecule is Cc1cccc2c(Cl)n(CC(=O)O)nc12. The maximum atomic E-state index is 10.6. The Balaban J connectivity index is 2.64. The molecule has 0 aliphatic rings. The molecule has 0 saturated carbocycles. The molecule has 0 saturated heterocycles. The Kier molecular flexibility index (Phi) is 2.36. The van der Waals surface area contributed by atoms with Crippen molar-refractivity contribution in [3.63, 3.8) is 0 Å². The van der Waals surface area contributed by atoms with E-state index < -0.39 is 5.97 Å². The Morgan fingerprint density at radius 2 is 2.33 bits per heavy atom. The molecule has 0 radical (unpaired) electrons. The summed E-state index contributed by atoms with van der Waals surface area (Å²) in [7, 11) is 0. The molecule has 0 spiro atoms. The Bertz CT molecular complexity index is 533. The van der Waals surface area contributed by atoms with Gasteiger partial charge in [-0.25, -0.2) is 4.68 Å². The summed E-state index contributed by atoms with van der Waals surface area (Å²) in [5, 5.41) is 14.0. The van der Waals surface area contributed by atoms with Gasteiger partial charge in [0.05, 0.1) is 5.52 Å². The molecule has 0 aliphatic carbocycles. The highest BCUT2D eigenvalue weighted by Crippen LogP contribution is 2.25. The first-order chi connectivity index (χ1) is 7.09. The zero-order valence-electron chi connectivity index (χ0n) is 8.07. The van der Waals surface area contributed by atoms with Gasteiger partial charge >= 0.3 is 5.97 Å². The lowest BCUT2D eigenvalue weighted by Crippen LogP contribution is -2.09. The van der Waals surface area contributed by atoms with E-state index in [1.165, 1.54) is 4.68 Å². The zero-order valence-corrected chi connectivity index (χ0v) is 8.82. The number of aryl methyl sites for hydroxylation is 1. The van der Waals surface area contributed by atoms with E-state index >= 15 is 0 Å². The van der Waals surface area contributed by atoms with Crippen LogP contribution in [0.1, 0.15) is 5.56 Å². The van der Waals surface area contributed by atoms with E-state index in [2.05, 4.69) is 5.10 Å². The van der Waals surface area contributed by atoms with Crippen molar-refractivity contribution in [2.45, 2.75) is 13.5 Å². The van der Waals surface area contributed by atoms with Crippen LogP contribution in [0.2, 0.25) is 5.15 Å². The molecule has 1 aromatic carbocycles. The van der Waals surface area contributed by atoms with Crippen LogP contribution in [-0.4, -0.2) is 20.9 Å². The second kappa shape index (κ2) is 3.55. The third-order valence-corrected chi connectivity index (χ3v) is 2.59. The number of aromatic nitrogens is 2. The molecule has 0 atom stereocenters. The second-order valence-corrected chi connectivity index (χ2v) is 3.67. The Labute approximate surface area is 91.1 Å². The molecule has 1 N–H and O–H groups in total. The van der Waals surface area contributed by atoms with Crippen LogP contribution < -0.4 is 0 Å². The van der Waals surface area contributed by atoms with Crippen LogP contribution in [-0.2, 0) is 11.3 Å². The highest BCUT2D eigenvalue weighted by atomic mass is 35.5. The van der Waals surface area contributed by atoms with Crippen LogP contribution in [0.5, 0.6) is 0 Å². The molecule has 4 nitrogen and oxygen atoms in total. The van der Waals surface area contributed by atoms with Gasteiger partial charge in [0.15, 0.2) is 0 Å². The first-order valence-corrected chi connectivity index (χ1v) is 4.81. The Hall–Kier alpha value is -1.55. The fourth-order valence-corrected chi connectivity index (χ4v) is 1.74. The summed E-state index contributed by atoms with van der Waals surface area (Å²) in [5.41, 5.74) is 1.74. The van der Waals surface area contributed by atoms with Gasteiger partial charge in [0, 0.05) is 5.39 Å². The van der Waals surface area contributed by atoms with E-state index in [-0.39, 0.29) is 6.54 Å². The quantitative estimate of drug-likeness (QED) is 0.850. The molecule has 2 aromatic rings. The Morgan fingerprint density at radius 3 is 2.93 bits per heavy atom. The minimum absolute atomic E-state index is 0.215. The molecule has 0 unspecified atom stereocenters. The fraction of sp³-hybridized carbons (Fsp3) is 0.200. The number of halogens is 1. The van der Waals surface area contributed by atoms with Gasteiger partial charge in [0.2, 0.25) is 0 Å². The van der Waals surface area contributed by atoms with Crippen molar-refractivity contribution in [3.8, 4) is 0 Å². The van der Waals surface area contributed by atoms with Crippen LogP contribution in [0.4, 0.5) is 0 Å². The van der Waals surface area contributed by atoms with Crippen molar-refractivity contribution in [2.75, 3.05) is 0 Å². The number of hydrogen-bond donors (Lipinski definition) is 1. The molecular formula is C10H9ClN2O2. The van der Waals surface area contributed by atoms with Crippen molar-refractivity contribution in [1.29, 1.82) is 0 Å². The van der Waals surface area contributed by atoms with Crippen molar-refractivity contribution < 1.29 is 9.90 Å². The number of hydrogen-bond acceptors (Lipinski definition) is 2. The van der Waals surface area contributed by atoms with E-state index in [1.807, 2.05) is 25.1 Å². The first kappa shape index (κ1) is 9.98. The van der Waals surface area contributed by atoms with E-state index in [1.54, 1.807) is 0 Å². The summed E-state index contributed by atoms with van der Waals surface area (Å²) in [6, 6.07) is 5.61. The molecule has 0 bridgehead atoms. The maximum Gasteiger partial charge on any atom is 0.325 e. The lowest BCUT2D eigenvalue weighted by molar-refractivity contribution is -0.137. The normalized spacial score (nSPS) is 10.8. The highest BCUT2D eigenvalue weighted by molar-refractivity contribution is 6.34. The lowest BCUT2D eigenvalue weighted by atomic mass is 10.2. The van der Waals surface area contributed by atoms with Gasteiger partial charge in [-0.3, -0.25) is 4.79 Å². The first-order valence-electron chi connectivity index (χ1n) is 4.43. The minimum atomic E-state index is -0.956. The third-order valence-electron chi connectivity index (χ3n) is 2.19. The molecule has 0 aliphatic heterocycles. The average Bonchev–Trinajstić information content (AvgIpc) is 2.46. The van der Waals surface area contributed by atoms with E-state index in [0.717, 1.165) is 16.5 Å². The lowest BCUT2D eigenvalue weighted by Gasteiger charge is -1.96. The number of carboxylic acid groups (broad SMARTS) is 1. The largest absolute Gasteiger partial charge is 0.480 e. The van der Waals surface area contributed by atoms with Gasteiger partial charge in [-0.1, -0.05) is 23.7 Å². The van der Waals surface area contributed by atoms with E-state index in [0.29, 0.717) is 5.15 Å². The molecule has 0 fully saturated rings. The van der Waals surface area contributed by atoms with Crippen LogP contribution in [0.25, 0.3) is 10.9 Å². The summed E-state index contributed by atoms with van der Waals surface area (Å²) in [4.78, 5) is 10.6. The molecule has 1 heterocycles. The molecular weight excluding hydrogens is 216 g/mol. The summed E-state index contributed by atoms with van der Waals surface area (Å²) in [5.74, 6) is -0.956. The molecule has 1 aromatic heterocycles. The number of carbonyl (C=O) groups is 1. The molecule has 5 heteroatoms. The summed E-state index contributed by atoms with van der Waals surface area (Å²) >= 11 is 6.01. The average molecular weight is 225 g/mol. The van der Waals surface area contributed by atoms with Gasteiger partial charge < -0.3 is 5.11 Å². The number of benzene rings is 1. The van der Waals surface area contributed by atoms with Crippen molar-refractivity contribution >= 4 is 28.5 Å². The van der Waals surface area contributed by atoms with Crippen LogP contribution in [0.3, 0.4) is 0 Å². The highest BCUT2D eigenvalue weighted by Gasteiger charge is 2.12. The minimum Gasteiger partial charge on any atom is -0.480 e. The summed E-state index contributed by atoms with van der Waals surface area (Å²) in [6.45, 7) is 1.70. The van der Waals surface area contributed by atoms with Crippen LogP contribution in [0, 0.1) is 6.92 Å². The van der Waals surface area contributed by atoms with Crippen molar-refractivity contribution in [1.82, 2.24) is 9.78 Å². The predicted octanol–water partition coefficient (Wildman–Crippen LogP) is 2.08. The van der Waals surface area contributed by atoms with Gasteiger partial charge in [-0.05, 0) is 18.6 Å². The van der Waals surface area contributed by atoms with Crippen LogP contribution in [0.15, 0.2) is 18.2 Å². The topological polar surface area (TPSA) is 55.1 Å². The number of aliphatic carboxylic acids is 1.